The first-order valence-electron chi connectivity index (χ1n) is 6.84. The summed E-state index contributed by atoms with van der Waals surface area (Å²) in [6.07, 6.45) is 3.26. The highest BCUT2D eigenvalue weighted by atomic mass is 35.5. The first kappa shape index (κ1) is 15.4. The van der Waals surface area contributed by atoms with Crippen LogP contribution in [-0.2, 0) is 11.3 Å². The molecule has 0 fully saturated rings. The van der Waals surface area contributed by atoms with E-state index in [-0.39, 0.29) is 6.79 Å². The number of halogens is 1. The zero-order chi connectivity index (χ0) is 16.2. The molecule has 2 N–H and O–H groups in total. The summed E-state index contributed by atoms with van der Waals surface area (Å²) in [4.78, 5) is 12.0. The summed E-state index contributed by atoms with van der Waals surface area (Å²) in [6, 6.07) is 2.78. The molecule has 0 bridgehead atoms. The summed E-state index contributed by atoms with van der Waals surface area (Å²) >= 11 is 6.11. The van der Waals surface area contributed by atoms with Gasteiger partial charge in [0.1, 0.15) is 0 Å². The lowest BCUT2D eigenvalue weighted by molar-refractivity contribution is 0.174. The second kappa shape index (κ2) is 6.76. The molecule has 0 spiro atoms. The van der Waals surface area contributed by atoms with Crippen molar-refractivity contribution in [2.45, 2.75) is 6.54 Å². The van der Waals surface area contributed by atoms with Crippen LogP contribution in [0.1, 0.15) is 0 Å². The van der Waals surface area contributed by atoms with Crippen LogP contribution in [0, 0.1) is 0 Å². The van der Waals surface area contributed by atoms with Crippen LogP contribution in [0.2, 0.25) is 5.02 Å². The minimum absolute atomic E-state index is 0.141. The van der Waals surface area contributed by atoms with Gasteiger partial charge in [0.15, 0.2) is 11.5 Å². The van der Waals surface area contributed by atoms with Gasteiger partial charge in [-0.1, -0.05) is 11.6 Å². The number of nitrogens with one attached hydrogen (secondary N) is 2. The molecule has 0 radical (unpaired) electrons. The first-order valence-corrected chi connectivity index (χ1v) is 7.22. The Kier molecular flexibility index (Phi) is 4.54. The number of urea groups is 1. The molecular weight excluding hydrogens is 324 g/mol. The minimum Gasteiger partial charge on any atom is -0.454 e. The van der Waals surface area contributed by atoms with E-state index < -0.39 is 6.03 Å². The maximum atomic E-state index is 12.0. The van der Waals surface area contributed by atoms with E-state index in [0.29, 0.717) is 41.0 Å². The summed E-state index contributed by atoms with van der Waals surface area (Å²) in [5.74, 6) is 1.09. The van der Waals surface area contributed by atoms with Crippen molar-refractivity contribution >= 4 is 29.0 Å². The number of carbonyl (C=O) groups excluding carboxylic acids is 1. The normalized spacial score (nSPS) is 12.3. The number of aromatic nitrogens is 2. The number of fused-ring (bicyclic) bond motifs is 1. The van der Waals surface area contributed by atoms with Crippen LogP contribution in [0.5, 0.6) is 11.5 Å². The number of hydrogen-bond acceptors (Lipinski definition) is 5. The molecule has 1 aromatic carbocycles. The van der Waals surface area contributed by atoms with Gasteiger partial charge in [-0.3, -0.25) is 4.68 Å². The number of rotatable bonds is 5. The lowest BCUT2D eigenvalue weighted by atomic mass is 10.3. The zero-order valence-electron chi connectivity index (χ0n) is 12.3. The molecule has 0 saturated carbocycles. The van der Waals surface area contributed by atoms with Crippen molar-refractivity contribution in [2.24, 2.45) is 0 Å². The van der Waals surface area contributed by atoms with Gasteiger partial charge in [-0.15, -0.1) is 0 Å². The fourth-order valence-electron chi connectivity index (χ4n) is 2.03. The van der Waals surface area contributed by atoms with Gasteiger partial charge in [0.05, 0.1) is 35.7 Å². The van der Waals surface area contributed by atoms with E-state index in [2.05, 4.69) is 15.7 Å². The molecule has 3 rings (SSSR count). The Labute approximate surface area is 137 Å². The second-order valence-electron chi connectivity index (χ2n) is 4.75. The highest BCUT2D eigenvalue weighted by Gasteiger charge is 2.17. The Morgan fingerprint density at radius 2 is 2.17 bits per heavy atom. The van der Waals surface area contributed by atoms with Gasteiger partial charge in [-0.25, -0.2) is 4.79 Å². The predicted octanol–water partition coefficient (Wildman–Crippen LogP) is 2.56. The molecule has 2 aromatic rings. The smallest absolute Gasteiger partial charge is 0.323 e. The predicted molar refractivity (Wildman–Crippen MR) is 84.3 cm³/mol. The van der Waals surface area contributed by atoms with Crippen molar-refractivity contribution < 1.29 is 19.0 Å². The fourth-order valence-corrected chi connectivity index (χ4v) is 2.23. The van der Waals surface area contributed by atoms with Crippen molar-refractivity contribution in [1.82, 2.24) is 9.78 Å². The van der Waals surface area contributed by atoms with E-state index in [0.717, 1.165) is 0 Å². The van der Waals surface area contributed by atoms with Crippen LogP contribution < -0.4 is 20.1 Å². The van der Waals surface area contributed by atoms with Crippen molar-refractivity contribution in [3.63, 3.8) is 0 Å². The summed E-state index contributed by atoms with van der Waals surface area (Å²) < 4.78 is 17.1. The number of methoxy groups -OCH3 is 1. The summed E-state index contributed by atoms with van der Waals surface area (Å²) in [5, 5.41) is 9.81. The molecule has 1 aromatic heterocycles. The Morgan fingerprint density at radius 1 is 1.39 bits per heavy atom. The number of anilines is 2. The zero-order valence-corrected chi connectivity index (χ0v) is 13.1. The SMILES string of the molecule is COCCn1cc(NC(=O)Nc2cc3c(cc2Cl)OCO3)cn1. The molecule has 0 saturated heterocycles. The van der Waals surface area contributed by atoms with Gasteiger partial charge in [0.2, 0.25) is 6.79 Å². The van der Waals surface area contributed by atoms with Gasteiger partial charge in [-0.05, 0) is 0 Å². The number of benzene rings is 1. The summed E-state index contributed by atoms with van der Waals surface area (Å²) in [7, 11) is 1.62. The molecule has 2 heterocycles. The largest absolute Gasteiger partial charge is 0.454 e. The number of ether oxygens (including phenoxy) is 3. The number of carbonyl (C=O) groups is 1. The van der Waals surface area contributed by atoms with E-state index >= 15 is 0 Å². The van der Waals surface area contributed by atoms with E-state index in [1.807, 2.05) is 0 Å². The Morgan fingerprint density at radius 3 is 2.96 bits per heavy atom. The van der Waals surface area contributed by atoms with E-state index in [1.54, 1.807) is 36.3 Å². The van der Waals surface area contributed by atoms with Crippen LogP contribution >= 0.6 is 11.6 Å². The molecule has 1 aliphatic rings. The molecule has 2 amide bonds. The fraction of sp³-hybridized carbons (Fsp3) is 0.286. The van der Waals surface area contributed by atoms with E-state index in [4.69, 9.17) is 25.8 Å². The second-order valence-corrected chi connectivity index (χ2v) is 5.16. The molecule has 122 valence electrons. The lowest BCUT2D eigenvalue weighted by Gasteiger charge is -2.08. The summed E-state index contributed by atoms with van der Waals surface area (Å²) in [5.41, 5.74) is 0.996. The molecule has 0 aliphatic carbocycles. The van der Waals surface area contributed by atoms with Crippen molar-refractivity contribution in [2.75, 3.05) is 31.1 Å². The van der Waals surface area contributed by atoms with Crippen LogP contribution in [0.25, 0.3) is 0 Å². The molecule has 0 unspecified atom stereocenters. The van der Waals surface area contributed by atoms with Crippen molar-refractivity contribution in [3.05, 3.63) is 29.5 Å². The Bertz CT molecular complexity index is 719. The number of nitrogens with zero attached hydrogens (tertiary/aromatic N) is 2. The van der Waals surface area contributed by atoms with Crippen LogP contribution in [0.3, 0.4) is 0 Å². The van der Waals surface area contributed by atoms with Gasteiger partial charge in [0, 0.05) is 25.4 Å². The molecule has 1 aliphatic heterocycles. The molecular formula is C14H15ClN4O4. The van der Waals surface area contributed by atoms with Crippen LogP contribution in [0.4, 0.5) is 16.2 Å². The number of amides is 2. The Balaban J connectivity index is 1.62. The van der Waals surface area contributed by atoms with Crippen molar-refractivity contribution in [1.29, 1.82) is 0 Å². The molecule has 0 atom stereocenters. The summed E-state index contributed by atoms with van der Waals surface area (Å²) in [6.45, 7) is 1.29. The lowest BCUT2D eigenvalue weighted by Crippen LogP contribution is -2.19. The maximum Gasteiger partial charge on any atom is 0.323 e. The van der Waals surface area contributed by atoms with Crippen molar-refractivity contribution in [3.8, 4) is 11.5 Å². The van der Waals surface area contributed by atoms with Gasteiger partial charge in [0.25, 0.3) is 0 Å². The number of hydrogen-bond donors (Lipinski definition) is 2. The van der Waals surface area contributed by atoms with Gasteiger partial charge >= 0.3 is 6.03 Å². The molecule has 23 heavy (non-hydrogen) atoms. The topological polar surface area (TPSA) is 86.6 Å². The van der Waals surface area contributed by atoms with E-state index in [9.17, 15) is 4.79 Å². The van der Waals surface area contributed by atoms with Gasteiger partial charge < -0.3 is 24.8 Å². The molecule has 9 heteroatoms. The average molecular weight is 339 g/mol. The third-order valence-corrected chi connectivity index (χ3v) is 3.44. The highest BCUT2D eigenvalue weighted by molar-refractivity contribution is 6.34. The van der Waals surface area contributed by atoms with Crippen LogP contribution in [0.15, 0.2) is 24.5 Å². The van der Waals surface area contributed by atoms with E-state index in [1.165, 1.54) is 0 Å². The standard InChI is InChI=1S/C14H15ClN4O4/c1-21-3-2-19-7-9(6-16-19)17-14(20)18-11-5-13-12(4-10(11)15)22-8-23-13/h4-7H,2-3,8H2,1H3,(H2,17,18,20). The molecule has 8 nitrogen and oxygen atoms in total. The monoisotopic (exact) mass is 338 g/mol. The highest BCUT2D eigenvalue weighted by Crippen LogP contribution is 2.39. The Hall–Kier alpha value is -2.45. The van der Waals surface area contributed by atoms with Gasteiger partial charge in [-0.2, -0.15) is 5.10 Å². The minimum atomic E-state index is -0.433. The average Bonchev–Trinajstić information content (AvgIpc) is 3.14. The maximum absolute atomic E-state index is 12.0. The third-order valence-electron chi connectivity index (χ3n) is 3.13. The first-order chi connectivity index (χ1) is 11.2. The van der Waals surface area contributed by atoms with Crippen LogP contribution in [-0.4, -0.2) is 36.3 Å². The third kappa shape index (κ3) is 3.66. The quantitative estimate of drug-likeness (QED) is 0.875.